The lowest BCUT2D eigenvalue weighted by molar-refractivity contribution is -0.901. The number of hydrogen-bond donors (Lipinski definition) is 1. The average Bonchev–Trinajstić information content (AvgIpc) is 2.81. The average molecular weight is 315 g/mol. The Hall–Kier alpha value is -2.14. The fraction of sp³-hybridized carbons (Fsp3) is 0.444. The summed E-state index contributed by atoms with van der Waals surface area (Å²) in [5.41, 5.74) is 1.15. The minimum atomic E-state index is -0.138. The third-order valence-electron chi connectivity index (χ3n) is 4.69. The molecule has 5 nitrogen and oxygen atoms in total. The van der Waals surface area contributed by atoms with Gasteiger partial charge in [0.1, 0.15) is 12.3 Å². The number of ether oxygens (including phenoxy) is 1. The van der Waals surface area contributed by atoms with Crippen molar-refractivity contribution >= 4 is 11.8 Å². The van der Waals surface area contributed by atoms with Crippen molar-refractivity contribution < 1.29 is 19.2 Å². The predicted molar refractivity (Wildman–Crippen MR) is 85.7 cm³/mol. The van der Waals surface area contributed by atoms with Gasteiger partial charge >= 0.3 is 0 Å². The zero-order chi connectivity index (χ0) is 16.4. The van der Waals surface area contributed by atoms with Gasteiger partial charge in [-0.15, -0.1) is 0 Å². The van der Waals surface area contributed by atoms with E-state index in [1.54, 1.807) is 7.11 Å². The van der Waals surface area contributed by atoms with E-state index in [1.807, 2.05) is 43.5 Å². The van der Waals surface area contributed by atoms with Gasteiger partial charge in [-0.1, -0.05) is 12.2 Å². The number of carbonyl (C=O) groups excluding carboxylic acids is 2. The van der Waals surface area contributed by atoms with Crippen molar-refractivity contribution in [2.75, 3.05) is 20.8 Å². The number of nitrogens with one attached hydrogen (secondary N) is 1. The van der Waals surface area contributed by atoms with Crippen LogP contribution in [0.5, 0.6) is 5.75 Å². The summed E-state index contributed by atoms with van der Waals surface area (Å²) >= 11 is 0. The first kappa shape index (κ1) is 15.7. The molecule has 1 fully saturated rings. The summed E-state index contributed by atoms with van der Waals surface area (Å²) in [6.45, 7) is 1.19. The summed E-state index contributed by atoms with van der Waals surface area (Å²) < 4.78 is 5.15. The van der Waals surface area contributed by atoms with E-state index >= 15 is 0 Å². The second kappa shape index (κ2) is 6.54. The van der Waals surface area contributed by atoms with Crippen molar-refractivity contribution in [3.8, 4) is 5.75 Å². The number of quaternary nitrogens is 1. The molecule has 0 aromatic heterocycles. The van der Waals surface area contributed by atoms with Crippen LogP contribution in [0.4, 0.5) is 0 Å². The van der Waals surface area contributed by atoms with Crippen LogP contribution >= 0.6 is 0 Å². The zero-order valence-electron chi connectivity index (χ0n) is 13.6. The number of likely N-dealkylation sites (tertiary alicyclic amines) is 1. The van der Waals surface area contributed by atoms with Gasteiger partial charge in [-0.05, 0) is 37.1 Å². The van der Waals surface area contributed by atoms with Crippen LogP contribution in [0.3, 0.4) is 0 Å². The molecule has 1 aliphatic carbocycles. The molecule has 1 aromatic rings. The lowest BCUT2D eigenvalue weighted by Gasteiger charge is -2.20. The Morgan fingerprint density at radius 3 is 2.17 bits per heavy atom. The van der Waals surface area contributed by atoms with Gasteiger partial charge in [0.05, 0.1) is 26.0 Å². The summed E-state index contributed by atoms with van der Waals surface area (Å²) in [4.78, 5) is 27.5. The minimum absolute atomic E-state index is 0.00145. The molecular formula is C18H23N2O3+. The van der Waals surface area contributed by atoms with Crippen molar-refractivity contribution in [3.63, 3.8) is 0 Å². The molecule has 5 heteroatoms. The molecule has 1 aromatic carbocycles. The highest BCUT2D eigenvalue weighted by Crippen LogP contribution is 2.34. The van der Waals surface area contributed by atoms with Crippen LogP contribution in [0.1, 0.15) is 18.4 Å². The van der Waals surface area contributed by atoms with Crippen LogP contribution in [0.25, 0.3) is 0 Å². The van der Waals surface area contributed by atoms with E-state index in [0.717, 1.165) is 22.8 Å². The minimum Gasteiger partial charge on any atom is -0.497 e. The van der Waals surface area contributed by atoms with Gasteiger partial charge in [0.15, 0.2) is 6.67 Å². The SMILES string of the molecule is COc1ccc(C[NH+](C)CN2C(=O)[C@H]3CC=CC[C@H]3C2=O)cc1. The molecule has 3 rings (SSSR count). The lowest BCUT2D eigenvalue weighted by Crippen LogP contribution is -3.09. The molecule has 1 unspecified atom stereocenters. The van der Waals surface area contributed by atoms with E-state index in [1.165, 1.54) is 4.90 Å². The third-order valence-corrected chi connectivity index (χ3v) is 4.69. The van der Waals surface area contributed by atoms with Gasteiger partial charge < -0.3 is 9.64 Å². The normalized spacial score (nSPS) is 24.7. The number of amides is 2. The molecule has 122 valence electrons. The van der Waals surface area contributed by atoms with E-state index in [2.05, 4.69) is 0 Å². The molecule has 0 saturated carbocycles. The van der Waals surface area contributed by atoms with Gasteiger partial charge in [0.2, 0.25) is 11.8 Å². The highest BCUT2D eigenvalue weighted by Gasteiger charge is 2.48. The van der Waals surface area contributed by atoms with Crippen LogP contribution in [0, 0.1) is 11.8 Å². The first-order valence-electron chi connectivity index (χ1n) is 8.04. The van der Waals surface area contributed by atoms with Crippen LogP contribution in [0.2, 0.25) is 0 Å². The maximum absolute atomic E-state index is 12.5. The predicted octanol–water partition coefficient (Wildman–Crippen LogP) is 0.619. The zero-order valence-corrected chi connectivity index (χ0v) is 13.6. The highest BCUT2D eigenvalue weighted by molar-refractivity contribution is 6.05. The quantitative estimate of drug-likeness (QED) is 0.640. The van der Waals surface area contributed by atoms with E-state index in [9.17, 15) is 9.59 Å². The summed E-state index contributed by atoms with van der Waals surface area (Å²) in [6, 6.07) is 7.88. The van der Waals surface area contributed by atoms with Gasteiger partial charge in [0, 0.05) is 5.56 Å². The Kier molecular flexibility index (Phi) is 4.48. The lowest BCUT2D eigenvalue weighted by atomic mass is 9.85. The number of hydrogen-bond acceptors (Lipinski definition) is 3. The Bertz CT molecular complexity index is 598. The Labute approximate surface area is 136 Å². The Morgan fingerprint density at radius 2 is 1.65 bits per heavy atom. The van der Waals surface area contributed by atoms with Crippen LogP contribution in [-0.4, -0.2) is 37.5 Å². The second-order valence-electron chi connectivity index (χ2n) is 6.40. The largest absolute Gasteiger partial charge is 0.497 e. The molecule has 0 spiro atoms. The summed E-state index contributed by atoms with van der Waals surface area (Å²) in [5, 5.41) is 0. The number of fused-ring (bicyclic) bond motifs is 1. The molecule has 1 aliphatic heterocycles. The van der Waals surface area contributed by atoms with Crippen molar-refractivity contribution in [1.82, 2.24) is 4.90 Å². The first-order valence-corrected chi connectivity index (χ1v) is 8.04. The van der Waals surface area contributed by atoms with Gasteiger partial charge in [-0.2, -0.15) is 0 Å². The fourth-order valence-electron chi connectivity index (χ4n) is 3.44. The van der Waals surface area contributed by atoms with E-state index in [-0.39, 0.29) is 23.7 Å². The molecule has 0 bridgehead atoms. The second-order valence-corrected chi connectivity index (χ2v) is 6.40. The van der Waals surface area contributed by atoms with E-state index < -0.39 is 0 Å². The standard InChI is InChI=1S/C18H22N2O3/c1-19(11-13-7-9-14(23-2)10-8-13)12-20-17(21)15-5-3-4-6-16(15)18(20)22/h3-4,7-10,15-16H,5-6,11-12H2,1-2H3/p+1/t15-,16+. The summed E-state index contributed by atoms with van der Waals surface area (Å²) in [5.74, 6) is 0.548. The number of methoxy groups -OCH3 is 1. The van der Waals surface area contributed by atoms with Crippen LogP contribution < -0.4 is 9.64 Å². The van der Waals surface area contributed by atoms with E-state index in [0.29, 0.717) is 19.5 Å². The van der Waals surface area contributed by atoms with Crippen molar-refractivity contribution in [3.05, 3.63) is 42.0 Å². The fourth-order valence-corrected chi connectivity index (χ4v) is 3.44. The monoisotopic (exact) mass is 315 g/mol. The first-order chi connectivity index (χ1) is 11.1. The van der Waals surface area contributed by atoms with Gasteiger partial charge in [0.25, 0.3) is 0 Å². The number of benzene rings is 1. The smallest absolute Gasteiger partial charge is 0.237 e. The van der Waals surface area contributed by atoms with Crippen LogP contribution in [0.15, 0.2) is 36.4 Å². The molecule has 1 heterocycles. The number of allylic oxidation sites excluding steroid dienone is 2. The van der Waals surface area contributed by atoms with Gasteiger partial charge in [-0.3, -0.25) is 9.59 Å². The maximum atomic E-state index is 12.5. The van der Waals surface area contributed by atoms with Crippen molar-refractivity contribution in [2.45, 2.75) is 19.4 Å². The van der Waals surface area contributed by atoms with E-state index in [4.69, 9.17) is 4.74 Å². The molecule has 2 aliphatic rings. The number of carbonyl (C=O) groups is 2. The molecular weight excluding hydrogens is 292 g/mol. The molecule has 3 atom stereocenters. The summed E-state index contributed by atoms with van der Waals surface area (Å²) in [7, 11) is 3.65. The number of rotatable bonds is 5. The Morgan fingerprint density at radius 1 is 1.09 bits per heavy atom. The molecule has 1 N–H and O–H groups in total. The molecule has 2 amide bonds. The maximum Gasteiger partial charge on any atom is 0.237 e. The molecule has 23 heavy (non-hydrogen) atoms. The topological polar surface area (TPSA) is 51.1 Å². The molecule has 1 saturated heterocycles. The summed E-state index contributed by atoms with van der Waals surface area (Å²) in [6.07, 6.45) is 5.43. The third kappa shape index (κ3) is 3.15. The molecule has 0 radical (unpaired) electrons. The van der Waals surface area contributed by atoms with Crippen LogP contribution in [-0.2, 0) is 16.1 Å². The van der Waals surface area contributed by atoms with Crippen molar-refractivity contribution in [2.24, 2.45) is 11.8 Å². The van der Waals surface area contributed by atoms with Gasteiger partial charge in [-0.25, -0.2) is 4.90 Å². The highest BCUT2D eigenvalue weighted by atomic mass is 16.5. The Balaban J connectivity index is 1.62. The van der Waals surface area contributed by atoms with Crippen molar-refractivity contribution in [1.29, 1.82) is 0 Å². The number of nitrogens with zero attached hydrogens (tertiary/aromatic N) is 1. The number of imide groups is 1.